The average molecular weight is 627 g/mol. The van der Waals surface area contributed by atoms with Crippen molar-refractivity contribution in [2.75, 3.05) is 44.7 Å². The molecule has 1 amide bonds. The van der Waals surface area contributed by atoms with Crippen molar-refractivity contribution >= 4 is 33.4 Å². The number of likely N-dealkylation sites (tertiary alicyclic amines) is 1. The lowest BCUT2D eigenvalue weighted by molar-refractivity contribution is -0.125. The third-order valence-electron chi connectivity index (χ3n) is 9.80. The van der Waals surface area contributed by atoms with Crippen LogP contribution in [0.4, 0.5) is 19.0 Å². The summed E-state index contributed by atoms with van der Waals surface area (Å²) in [4.78, 5) is 31.8. The van der Waals surface area contributed by atoms with Crippen LogP contribution in [0.5, 0.6) is 6.01 Å². The molecular formula is C35H33F3N6O2. The van der Waals surface area contributed by atoms with E-state index >= 15 is 4.39 Å². The van der Waals surface area contributed by atoms with Crippen LogP contribution in [0, 0.1) is 24.0 Å². The van der Waals surface area contributed by atoms with E-state index in [4.69, 9.17) is 16.1 Å². The van der Waals surface area contributed by atoms with Crippen LogP contribution in [0.3, 0.4) is 0 Å². The predicted octanol–water partition coefficient (Wildman–Crippen LogP) is 5.28. The van der Waals surface area contributed by atoms with Crippen molar-refractivity contribution in [3.05, 3.63) is 66.4 Å². The number of hydrogen-bond acceptors (Lipinski definition) is 7. The van der Waals surface area contributed by atoms with E-state index < -0.39 is 23.3 Å². The minimum atomic E-state index is -0.934. The second-order valence-corrected chi connectivity index (χ2v) is 12.4. The topological polar surface area (TPSA) is 74.7 Å². The van der Waals surface area contributed by atoms with Crippen molar-refractivity contribution < 1.29 is 22.7 Å². The van der Waals surface area contributed by atoms with Gasteiger partial charge in [-0.05, 0) is 43.3 Å². The molecule has 0 spiro atoms. The van der Waals surface area contributed by atoms with Crippen LogP contribution in [-0.4, -0.2) is 88.2 Å². The highest BCUT2D eigenvalue weighted by Gasteiger charge is 2.49. The Morgan fingerprint density at radius 1 is 1.24 bits per heavy atom. The van der Waals surface area contributed by atoms with E-state index in [2.05, 4.69) is 27.4 Å². The second kappa shape index (κ2) is 11.6. The highest BCUT2D eigenvalue weighted by molar-refractivity contribution is 6.02. The second-order valence-electron chi connectivity index (χ2n) is 12.4. The number of carbonyl (C=O) groups is 1. The van der Waals surface area contributed by atoms with E-state index in [0.29, 0.717) is 60.0 Å². The molecule has 3 fully saturated rings. The minimum Gasteiger partial charge on any atom is -0.461 e. The molecule has 5 heterocycles. The number of nitrogens with zero attached hydrogens (tertiary/aromatic N) is 6. The number of rotatable bonds is 7. The predicted molar refractivity (Wildman–Crippen MR) is 170 cm³/mol. The van der Waals surface area contributed by atoms with Crippen molar-refractivity contribution in [1.29, 1.82) is 0 Å². The van der Waals surface area contributed by atoms with Gasteiger partial charge in [-0.25, -0.2) is 13.2 Å². The van der Waals surface area contributed by atoms with Gasteiger partial charge in [0.1, 0.15) is 35.6 Å². The van der Waals surface area contributed by atoms with Gasteiger partial charge in [0, 0.05) is 56.3 Å². The molecule has 0 N–H and O–H groups in total. The summed E-state index contributed by atoms with van der Waals surface area (Å²) >= 11 is 0. The van der Waals surface area contributed by atoms with E-state index in [9.17, 15) is 13.6 Å². The van der Waals surface area contributed by atoms with Gasteiger partial charge in [0.25, 0.3) is 0 Å². The fourth-order valence-electron chi connectivity index (χ4n) is 7.44. The van der Waals surface area contributed by atoms with Crippen molar-refractivity contribution in [3.8, 4) is 29.6 Å². The number of pyridine rings is 1. The lowest BCUT2D eigenvalue weighted by Crippen LogP contribution is -2.43. The number of benzene rings is 2. The maximum Gasteiger partial charge on any atom is 0.319 e. The van der Waals surface area contributed by atoms with Crippen LogP contribution in [0.1, 0.15) is 31.2 Å². The van der Waals surface area contributed by atoms with E-state index in [1.807, 2.05) is 11.9 Å². The zero-order chi connectivity index (χ0) is 32.2. The molecule has 0 aliphatic carbocycles. The van der Waals surface area contributed by atoms with Crippen LogP contribution in [0.2, 0.25) is 0 Å². The molecule has 8 nitrogen and oxygen atoms in total. The van der Waals surface area contributed by atoms with Crippen LogP contribution in [0.25, 0.3) is 32.9 Å². The maximum absolute atomic E-state index is 16.7. The van der Waals surface area contributed by atoms with Crippen molar-refractivity contribution in [2.45, 2.75) is 43.4 Å². The number of fused-ring (bicyclic) bond motifs is 3. The quantitative estimate of drug-likeness (QED) is 0.204. The van der Waals surface area contributed by atoms with Crippen LogP contribution >= 0.6 is 0 Å². The smallest absolute Gasteiger partial charge is 0.319 e. The fourth-order valence-corrected chi connectivity index (χ4v) is 7.44. The SMILES string of the molecule is C#Cc1c(F)ccc2cccc(-c3ncc4c(N(C)[C@H]5CCN(C(=O)C=C)C5)nc(OC[C@@]56CCCN5C[C@H](F)C6)nc4c3F)c12. The molecular weight excluding hydrogens is 593 g/mol. The number of ether oxygens (including phenoxy) is 1. The Labute approximate surface area is 264 Å². The Hall–Kier alpha value is -4.69. The lowest BCUT2D eigenvalue weighted by atomic mass is 9.95. The summed E-state index contributed by atoms with van der Waals surface area (Å²) in [7, 11) is 1.83. The molecule has 2 aromatic carbocycles. The molecule has 7 rings (SSSR count). The number of carbonyl (C=O) groups excluding carboxylic acids is 1. The summed E-state index contributed by atoms with van der Waals surface area (Å²) in [6, 6.07) is 7.87. The third kappa shape index (κ3) is 4.92. The monoisotopic (exact) mass is 626 g/mol. The van der Waals surface area contributed by atoms with Crippen LogP contribution < -0.4 is 9.64 Å². The van der Waals surface area contributed by atoms with Gasteiger partial charge >= 0.3 is 6.01 Å². The van der Waals surface area contributed by atoms with Crippen molar-refractivity contribution in [1.82, 2.24) is 24.8 Å². The van der Waals surface area contributed by atoms with Gasteiger partial charge in [-0.15, -0.1) is 6.42 Å². The molecule has 3 aliphatic heterocycles. The summed E-state index contributed by atoms with van der Waals surface area (Å²) in [5.41, 5.74) is -0.181. The van der Waals surface area contributed by atoms with Crippen LogP contribution in [0.15, 0.2) is 49.2 Å². The summed E-state index contributed by atoms with van der Waals surface area (Å²) in [6.07, 6.45) is 10.3. The molecule has 4 aromatic rings. The molecule has 3 atom stereocenters. The molecule has 0 bridgehead atoms. The van der Waals surface area contributed by atoms with Gasteiger partial charge in [0.05, 0.1) is 16.5 Å². The molecule has 46 heavy (non-hydrogen) atoms. The number of hydrogen-bond donors (Lipinski definition) is 0. The third-order valence-corrected chi connectivity index (χ3v) is 9.80. The highest BCUT2D eigenvalue weighted by atomic mass is 19.1. The normalized spacial score (nSPS) is 22.7. The van der Waals surface area contributed by atoms with E-state index in [1.54, 1.807) is 29.2 Å². The van der Waals surface area contributed by atoms with Gasteiger partial charge in [0.2, 0.25) is 5.91 Å². The first-order chi connectivity index (χ1) is 22.2. The van der Waals surface area contributed by atoms with Crippen molar-refractivity contribution in [3.63, 3.8) is 0 Å². The lowest BCUT2D eigenvalue weighted by Gasteiger charge is -2.31. The van der Waals surface area contributed by atoms with E-state index in [0.717, 1.165) is 19.4 Å². The Bertz CT molecular complexity index is 1930. The van der Waals surface area contributed by atoms with Gasteiger partial charge in [-0.3, -0.25) is 14.7 Å². The molecule has 2 aromatic heterocycles. The molecule has 0 radical (unpaired) electrons. The van der Waals surface area contributed by atoms with E-state index in [-0.39, 0.29) is 41.3 Å². The van der Waals surface area contributed by atoms with E-state index in [1.165, 1.54) is 18.3 Å². The zero-order valence-corrected chi connectivity index (χ0v) is 25.5. The van der Waals surface area contributed by atoms with Gasteiger partial charge in [0.15, 0.2) is 5.82 Å². The standard InChI is InChI=1S/C35H33F3N6O2/c1-4-24-27(37)11-10-21-8-6-9-25(29(21)24)31-30(38)32-26(17-39-31)33(42(3)23-12-15-43(19-23)28(45)5-2)41-34(40-32)46-20-35-13-7-14-44(35)18-22(36)16-35/h1,5-6,8-11,17,22-23H,2,7,12-16,18-20H2,3H3/t22-,23+,35+/m1/s1. The average Bonchev–Trinajstić information content (AvgIpc) is 3.78. The van der Waals surface area contributed by atoms with Gasteiger partial charge in [-0.1, -0.05) is 36.8 Å². The molecule has 3 saturated heterocycles. The summed E-state index contributed by atoms with van der Waals surface area (Å²) in [5.74, 6) is 1.31. The number of likely N-dealkylation sites (N-methyl/N-ethyl adjacent to an activating group) is 1. The number of amides is 1. The Morgan fingerprint density at radius 2 is 2.09 bits per heavy atom. The first kappa shape index (κ1) is 30.0. The Morgan fingerprint density at radius 3 is 2.89 bits per heavy atom. The molecule has 0 unspecified atom stereocenters. The van der Waals surface area contributed by atoms with Gasteiger partial charge in [-0.2, -0.15) is 9.97 Å². The summed E-state index contributed by atoms with van der Waals surface area (Å²) < 4.78 is 52.2. The Balaban J connectivity index is 1.34. The molecule has 0 saturated carbocycles. The first-order valence-electron chi connectivity index (χ1n) is 15.4. The molecule has 3 aliphatic rings. The largest absolute Gasteiger partial charge is 0.461 e. The number of alkyl halides is 1. The fraction of sp³-hybridized carbons (Fsp3) is 0.371. The number of aromatic nitrogens is 3. The number of anilines is 1. The minimum absolute atomic E-state index is 0.0180. The summed E-state index contributed by atoms with van der Waals surface area (Å²) in [5, 5.41) is 1.36. The summed E-state index contributed by atoms with van der Waals surface area (Å²) in [6.45, 7) is 5.90. The Kier molecular flexibility index (Phi) is 7.56. The zero-order valence-electron chi connectivity index (χ0n) is 25.5. The van der Waals surface area contributed by atoms with Gasteiger partial charge < -0.3 is 14.5 Å². The maximum atomic E-state index is 16.7. The van der Waals surface area contributed by atoms with Crippen LogP contribution in [-0.2, 0) is 4.79 Å². The number of terminal acetylenes is 1. The number of halogens is 3. The van der Waals surface area contributed by atoms with Crippen molar-refractivity contribution in [2.24, 2.45) is 0 Å². The molecule has 236 valence electrons. The highest BCUT2D eigenvalue weighted by Crippen LogP contribution is 2.41. The first-order valence-corrected chi connectivity index (χ1v) is 15.4. The molecule has 11 heteroatoms.